The number of nitrogen functional groups attached to an aromatic ring is 1. The van der Waals surface area contributed by atoms with Gasteiger partial charge >= 0.3 is 5.97 Å². The first-order valence-corrected chi connectivity index (χ1v) is 6.47. The second kappa shape index (κ2) is 5.34. The summed E-state index contributed by atoms with van der Waals surface area (Å²) in [6.07, 6.45) is 3.88. The largest absolute Gasteiger partial charge is 0.464 e. The van der Waals surface area contributed by atoms with Crippen LogP contribution in [0, 0.1) is 0 Å². The number of rotatable bonds is 5. The molecule has 1 unspecified atom stereocenters. The molecule has 0 radical (unpaired) electrons. The van der Waals surface area contributed by atoms with Crippen molar-refractivity contribution < 1.29 is 14.3 Å². The van der Waals surface area contributed by atoms with Crippen LogP contribution < -0.4 is 11.1 Å². The van der Waals surface area contributed by atoms with Crippen molar-refractivity contribution in [1.29, 1.82) is 0 Å². The molecule has 0 spiro atoms. The summed E-state index contributed by atoms with van der Waals surface area (Å²) in [5, 5.41) is 2.63. The van der Waals surface area contributed by atoms with Gasteiger partial charge in [-0.2, -0.15) is 0 Å². The molecule has 1 saturated carbocycles. The molecule has 1 fully saturated rings. The Bertz CT molecular complexity index is 491. The van der Waals surface area contributed by atoms with Crippen LogP contribution in [0.15, 0.2) is 12.3 Å². The van der Waals surface area contributed by atoms with Gasteiger partial charge in [0, 0.05) is 12.2 Å². The van der Waals surface area contributed by atoms with Crippen LogP contribution in [0.1, 0.15) is 43.2 Å². The third-order valence-corrected chi connectivity index (χ3v) is 3.03. The van der Waals surface area contributed by atoms with E-state index in [1.165, 1.54) is 0 Å². The Kier molecular flexibility index (Phi) is 3.78. The summed E-state index contributed by atoms with van der Waals surface area (Å²) < 4.78 is 6.73. The van der Waals surface area contributed by atoms with Gasteiger partial charge in [-0.25, -0.2) is 4.79 Å². The number of carbonyl (C=O) groups is 2. The standard InChI is InChI=1S/C13H19N3O3/c1-3-19-13(18)8(2)15-12(17)11-6-9(14)7-16(11)10-4-5-10/h6-8,10H,3-5,14H2,1-2H3,(H,15,17). The number of aromatic nitrogens is 1. The van der Waals surface area contributed by atoms with Gasteiger partial charge in [-0.3, -0.25) is 4.79 Å². The number of nitrogens with zero attached hydrogens (tertiary/aromatic N) is 1. The molecule has 1 atom stereocenters. The summed E-state index contributed by atoms with van der Waals surface area (Å²) in [4.78, 5) is 23.6. The van der Waals surface area contributed by atoms with Crippen molar-refractivity contribution in [3.63, 3.8) is 0 Å². The molecule has 1 aromatic heterocycles. The molecule has 19 heavy (non-hydrogen) atoms. The number of esters is 1. The third-order valence-electron chi connectivity index (χ3n) is 3.03. The van der Waals surface area contributed by atoms with Crippen molar-refractivity contribution in [2.75, 3.05) is 12.3 Å². The molecular formula is C13H19N3O3. The van der Waals surface area contributed by atoms with E-state index in [4.69, 9.17) is 10.5 Å². The molecule has 0 saturated heterocycles. The number of anilines is 1. The summed E-state index contributed by atoms with van der Waals surface area (Å²) >= 11 is 0. The highest BCUT2D eigenvalue weighted by atomic mass is 16.5. The lowest BCUT2D eigenvalue weighted by Crippen LogP contribution is -2.40. The fourth-order valence-electron chi connectivity index (χ4n) is 1.93. The molecule has 0 aliphatic heterocycles. The monoisotopic (exact) mass is 265 g/mol. The maximum atomic E-state index is 12.1. The lowest BCUT2D eigenvalue weighted by molar-refractivity contribution is -0.144. The summed E-state index contributed by atoms with van der Waals surface area (Å²) in [6, 6.07) is 1.32. The molecule has 6 heteroatoms. The van der Waals surface area contributed by atoms with Crippen LogP contribution in [0.4, 0.5) is 5.69 Å². The minimum Gasteiger partial charge on any atom is -0.464 e. The highest BCUT2D eigenvalue weighted by Gasteiger charge is 2.28. The second-order valence-electron chi connectivity index (χ2n) is 4.74. The molecule has 6 nitrogen and oxygen atoms in total. The Balaban J connectivity index is 2.05. The Morgan fingerprint density at radius 1 is 1.58 bits per heavy atom. The maximum Gasteiger partial charge on any atom is 0.328 e. The minimum atomic E-state index is -0.670. The van der Waals surface area contributed by atoms with Crippen LogP contribution in [0.2, 0.25) is 0 Å². The Hall–Kier alpha value is -1.98. The van der Waals surface area contributed by atoms with Gasteiger partial charge in [0.1, 0.15) is 11.7 Å². The van der Waals surface area contributed by atoms with Gasteiger partial charge < -0.3 is 20.4 Å². The molecular weight excluding hydrogens is 246 g/mol. The second-order valence-corrected chi connectivity index (χ2v) is 4.74. The molecule has 1 aromatic rings. The zero-order valence-corrected chi connectivity index (χ0v) is 11.2. The quantitative estimate of drug-likeness (QED) is 0.780. The van der Waals surface area contributed by atoms with Gasteiger partial charge in [0.05, 0.1) is 12.3 Å². The number of amides is 1. The first-order chi connectivity index (χ1) is 9.02. The highest BCUT2D eigenvalue weighted by Crippen LogP contribution is 2.37. The van der Waals surface area contributed by atoms with E-state index in [2.05, 4.69) is 5.32 Å². The van der Waals surface area contributed by atoms with Gasteiger partial charge in [-0.05, 0) is 32.8 Å². The van der Waals surface area contributed by atoms with E-state index in [9.17, 15) is 9.59 Å². The lowest BCUT2D eigenvalue weighted by atomic mass is 10.3. The third kappa shape index (κ3) is 3.07. The molecule has 0 bridgehead atoms. The van der Waals surface area contributed by atoms with Crippen LogP contribution >= 0.6 is 0 Å². The van der Waals surface area contributed by atoms with Crippen LogP contribution in [0.5, 0.6) is 0 Å². The van der Waals surface area contributed by atoms with Crippen LogP contribution in [0.3, 0.4) is 0 Å². The smallest absolute Gasteiger partial charge is 0.328 e. The van der Waals surface area contributed by atoms with Crippen molar-refractivity contribution >= 4 is 17.6 Å². The maximum absolute atomic E-state index is 12.1. The molecule has 0 aromatic carbocycles. The van der Waals surface area contributed by atoms with Crippen molar-refractivity contribution in [2.24, 2.45) is 0 Å². The number of ether oxygens (including phenoxy) is 1. The summed E-state index contributed by atoms with van der Waals surface area (Å²) in [5.74, 6) is -0.738. The van der Waals surface area contributed by atoms with E-state index in [-0.39, 0.29) is 5.91 Å². The van der Waals surface area contributed by atoms with E-state index in [1.54, 1.807) is 26.1 Å². The van der Waals surface area contributed by atoms with Gasteiger partial charge in [0.15, 0.2) is 0 Å². The Labute approximate surface area is 111 Å². The van der Waals surface area contributed by atoms with Crippen LogP contribution in [0.25, 0.3) is 0 Å². The molecule has 1 aliphatic rings. The average Bonchev–Trinajstić information content (AvgIpc) is 3.12. The Morgan fingerprint density at radius 2 is 2.26 bits per heavy atom. The van der Waals surface area contributed by atoms with E-state index >= 15 is 0 Å². The molecule has 3 N–H and O–H groups in total. The first kappa shape index (κ1) is 13.5. The predicted molar refractivity (Wildman–Crippen MR) is 70.7 cm³/mol. The van der Waals surface area contributed by atoms with E-state index in [0.717, 1.165) is 12.8 Å². The topological polar surface area (TPSA) is 86.3 Å². The SMILES string of the molecule is CCOC(=O)C(C)NC(=O)c1cc(N)cn1C1CC1. The number of hydrogen-bond acceptors (Lipinski definition) is 4. The van der Waals surface area contributed by atoms with Crippen LogP contribution in [-0.2, 0) is 9.53 Å². The first-order valence-electron chi connectivity index (χ1n) is 6.47. The normalized spacial score (nSPS) is 15.9. The van der Waals surface area contributed by atoms with Crippen molar-refractivity contribution in [2.45, 2.75) is 38.8 Å². The van der Waals surface area contributed by atoms with Crippen molar-refractivity contribution in [3.05, 3.63) is 18.0 Å². The van der Waals surface area contributed by atoms with Crippen molar-refractivity contribution in [1.82, 2.24) is 9.88 Å². The fraction of sp³-hybridized carbons (Fsp3) is 0.538. The average molecular weight is 265 g/mol. The molecule has 2 rings (SSSR count). The summed E-state index contributed by atoms with van der Waals surface area (Å²) in [7, 11) is 0. The molecule has 1 heterocycles. The van der Waals surface area contributed by atoms with E-state index < -0.39 is 12.0 Å². The van der Waals surface area contributed by atoms with Gasteiger partial charge in [0.25, 0.3) is 5.91 Å². The number of carbonyl (C=O) groups excluding carboxylic acids is 2. The Morgan fingerprint density at radius 3 is 2.84 bits per heavy atom. The number of nitrogens with one attached hydrogen (secondary N) is 1. The summed E-state index contributed by atoms with van der Waals surface area (Å²) in [6.45, 7) is 3.62. The van der Waals surface area contributed by atoms with E-state index in [0.29, 0.717) is 24.0 Å². The van der Waals surface area contributed by atoms with Crippen molar-refractivity contribution in [3.8, 4) is 0 Å². The minimum absolute atomic E-state index is 0.296. The number of hydrogen-bond donors (Lipinski definition) is 2. The molecule has 1 amide bonds. The van der Waals surface area contributed by atoms with Crippen LogP contribution in [-0.4, -0.2) is 29.1 Å². The van der Waals surface area contributed by atoms with Gasteiger partial charge in [-0.15, -0.1) is 0 Å². The zero-order chi connectivity index (χ0) is 14.0. The number of nitrogens with two attached hydrogens (primary N) is 1. The highest BCUT2D eigenvalue weighted by molar-refractivity contribution is 5.96. The van der Waals surface area contributed by atoms with Gasteiger partial charge in [-0.1, -0.05) is 0 Å². The van der Waals surface area contributed by atoms with E-state index in [1.807, 2.05) is 4.57 Å². The van der Waals surface area contributed by atoms with Gasteiger partial charge in [0.2, 0.25) is 0 Å². The molecule has 1 aliphatic carbocycles. The molecule has 104 valence electrons. The fourth-order valence-corrected chi connectivity index (χ4v) is 1.93. The summed E-state index contributed by atoms with van der Waals surface area (Å²) in [5.41, 5.74) is 6.78. The lowest BCUT2D eigenvalue weighted by Gasteiger charge is -2.13. The zero-order valence-electron chi connectivity index (χ0n) is 11.2. The predicted octanol–water partition coefficient (Wildman–Crippen LogP) is 1.09.